The molecule has 1 atom stereocenters. The first-order valence-corrected chi connectivity index (χ1v) is 6.56. The molecule has 1 saturated heterocycles. The van der Waals surface area contributed by atoms with Crippen LogP contribution in [-0.2, 0) is 9.53 Å². The number of amides is 1. The number of aliphatic hydroxyl groups excluding tert-OH is 1. The van der Waals surface area contributed by atoms with Gasteiger partial charge in [-0.15, -0.1) is 0 Å². The standard InChI is InChI=1S/C14H20N2O3/c1-11(17)10-14(18)15-12-2-4-13(5-3-12)16-6-8-19-9-7-16/h2-5,11,17H,6-10H2,1H3,(H,15,18). The Bertz CT molecular complexity index is 411. The van der Waals surface area contributed by atoms with Crippen LogP contribution in [-0.4, -0.2) is 43.4 Å². The Morgan fingerprint density at radius 2 is 2.00 bits per heavy atom. The van der Waals surface area contributed by atoms with Crippen LogP contribution >= 0.6 is 0 Å². The summed E-state index contributed by atoms with van der Waals surface area (Å²) in [6, 6.07) is 7.74. The van der Waals surface area contributed by atoms with E-state index in [1.165, 1.54) is 0 Å². The third-order valence-corrected chi connectivity index (χ3v) is 3.01. The van der Waals surface area contributed by atoms with Gasteiger partial charge in [-0.1, -0.05) is 0 Å². The number of nitrogens with zero attached hydrogens (tertiary/aromatic N) is 1. The lowest BCUT2D eigenvalue weighted by Crippen LogP contribution is -2.36. The van der Waals surface area contributed by atoms with Crippen LogP contribution < -0.4 is 10.2 Å². The average molecular weight is 264 g/mol. The van der Waals surface area contributed by atoms with Crippen molar-refractivity contribution in [2.24, 2.45) is 0 Å². The van der Waals surface area contributed by atoms with Crippen molar-refractivity contribution in [2.45, 2.75) is 19.4 Å². The van der Waals surface area contributed by atoms with E-state index in [0.29, 0.717) is 0 Å². The monoisotopic (exact) mass is 264 g/mol. The minimum absolute atomic E-state index is 0.116. The summed E-state index contributed by atoms with van der Waals surface area (Å²) < 4.78 is 5.31. The largest absolute Gasteiger partial charge is 0.393 e. The van der Waals surface area contributed by atoms with Gasteiger partial charge in [0.1, 0.15) is 0 Å². The molecule has 2 N–H and O–H groups in total. The Hall–Kier alpha value is -1.59. The highest BCUT2D eigenvalue weighted by Gasteiger charge is 2.11. The van der Waals surface area contributed by atoms with E-state index in [4.69, 9.17) is 9.84 Å². The second-order valence-electron chi connectivity index (χ2n) is 4.75. The Kier molecular flexibility index (Phi) is 4.76. The van der Waals surface area contributed by atoms with Gasteiger partial charge in [0.05, 0.1) is 25.7 Å². The number of hydrogen-bond acceptors (Lipinski definition) is 4. The van der Waals surface area contributed by atoms with Gasteiger partial charge in [0.2, 0.25) is 5.91 Å². The molecular weight excluding hydrogens is 244 g/mol. The zero-order valence-electron chi connectivity index (χ0n) is 11.1. The third kappa shape index (κ3) is 4.22. The van der Waals surface area contributed by atoms with Gasteiger partial charge < -0.3 is 20.1 Å². The molecule has 0 saturated carbocycles. The van der Waals surface area contributed by atoms with E-state index in [-0.39, 0.29) is 12.3 Å². The molecule has 0 radical (unpaired) electrons. The number of rotatable bonds is 4. The van der Waals surface area contributed by atoms with E-state index in [2.05, 4.69) is 10.2 Å². The number of carbonyl (C=O) groups is 1. The number of carbonyl (C=O) groups excluding carboxylic acids is 1. The Morgan fingerprint density at radius 3 is 2.58 bits per heavy atom. The lowest BCUT2D eigenvalue weighted by molar-refractivity contribution is -0.117. The van der Waals surface area contributed by atoms with Crippen molar-refractivity contribution in [3.8, 4) is 0 Å². The second kappa shape index (κ2) is 6.54. The zero-order chi connectivity index (χ0) is 13.7. The molecule has 5 heteroatoms. The van der Waals surface area contributed by atoms with Crippen LogP contribution in [0.2, 0.25) is 0 Å². The minimum atomic E-state index is -0.618. The molecule has 5 nitrogen and oxygen atoms in total. The quantitative estimate of drug-likeness (QED) is 0.858. The predicted octanol–water partition coefficient (Wildman–Crippen LogP) is 1.23. The molecule has 2 rings (SSSR count). The molecule has 0 spiro atoms. The van der Waals surface area contributed by atoms with E-state index >= 15 is 0 Å². The van der Waals surface area contributed by atoms with Gasteiger partial charge >= 0.3 is 0 Å². The molecule has 104 valence electrons. The maximum absolute atomic E-state index is 11.5. The summed E-state index contributed by atoms with van der Waals surface area (Å²) in [5.41, 5.74) is 1.89. The van der Waals surface area contributed by atoms with Crippen molar-refractivity contribution >= 4 is 17.3 Å². The number of benzene rings is 1. The smallest absolute Gasteiger partial charge is 0.226 e. The summed E-state index contributed by atoms with van der Waals surface area (Å²) >= 11 is 0. The first-order valence-electron chi connectivity index (χ1n) is 6.56. The van der Waals surface area contributed by atoms with Crippen LogP contribution in [0.25, 0.3) is 0 Å². The lowest BCUT2D eigenvalue weighted by atomic mass is 10.2. The summed E-state index contributed by atoms with van der Waals surface area (Å²) in [6.45, 7) is 4.91. The van der Waals surface area contributed by atoms with Gasteiger partial charge in [-0.3, -0.25) is 4.79 Å². The fraction of sp³-hybridized carbons (Fsp3) is 0.500. The van der Waals surface area contributed by atoms with E-state index in [1.807, 2.05) is 24.3 Å². The Labute approximate surface area is 113 Å². The average Bonchev–Trinajstić information content (AvgIpc) is 2.39. The third-order valence-electron chi connectivity index (χ3n) is 3.01. The molecule has 0 aliphatic carbocycles. The molecule has 1 aromatic carbocycles. The molecule has 0 bridgehead atoms. The van der Waals surface area contributed by atoms with Crippen LogP contribution in [0.1, 0.15) is 13.3 Å². The number of ether oxygens (including phenoxy) is 1. The molecule has 1 amide bonds. The van der Waals surface area contributed by atoms with Gasteiger partial charge in [0, 0.05) is 24.5 Å². The molecule has 19 heavy (non-hydrogen) atoms. The maximum Gasteiger partial charge on any atom is 0.226 e. The summed E-state index contributed by atoms with van der Waals surface area (Å²) in [5.74, 6) is -0.172. The van der Waals surface area contributed by atoms with E-state index in [9.17, 15) is 4.79 Å². The molecule has 1 aliphatic rings. The Balaban J connectivity index is 1.92. The van der Waals surface area contributed by atoms with E-state index < -0.39 is 6.10 Å². The van der Waals surface area contributed by atoms with Gasteiger partial charge in [-0.25, -0.2) is 0 Å². The molecule has 1 heterocycles. The highest BCUT2D eigenvalue weighted by atomic mass is 16.5. The normalized spacial score (nSPS) is 17.1. The highest BCUT2D eigenvalue weighted by Crippen LogP contribution is 2.19. The molecule has 1 fully saturated rings. The van der Waals surface area contributed by atoms with Crippen LogP contribution in [0.15, 0.2) is 24.3 Å². The van der Waals surface area contributed by atoms with Crippen molar-refractivity contribution in [1.29, 1.82) is 0 Å². The summed E-state index contributed by atoms with van der Waals surface area (Å²) in [6.07, 6.45) is -0.502. The Morgan fingerprint density at radius 1 is 1.37 bits per heavy atom. The first kappa shape index (κ1) is 13.8. The van der Waals surface area contributed by atoms with Crippen molar-refractivity contribution in [1.82, 2.24) is 0 Å². The lowest BCUT2D eigenvalue weighted by Gasteiger charge is -2.28. The topological polar surface area (TPSA) is 61.8 Å². The van der Waals surface area contributed by atoms with Crippen LogP contribution in [0.5, 0.6) is 0 Å². The van der Waals surface area contributed by atoms with Gasteiger partial charge in [-0.05, 0) is 31.2 Å². The fourth-order valence-corrected chi connectivity index (χ4v) is 2.06. The molecule has 0 aromatic heterocycles. The first-order chi connectivity index (χ1) is 9.15. The van der Waals surface area contributed by atoms with Crippen molar-refractivity contribution in [3.63, 3.8) is 0 Å². The molecule has 1 aliphatic heterocycles. The van der Waals surface area contributed by atoms with E-state index in [0.717, 1.165) is 37.7 Å². The number of anilines is 2. The predicted molar refractivity (Wildman–Crippen MR) is 74.4 cm³/mol. The maximum atomic E-state index is 11.5. The van der Waals surface area contributed by atoms with Gasteiger partial charge in [-0.2, -0.15) is 0 Å². The van der Waals surface area contributed by atoms with Crippen molar-refractivity contribution in [2.75, 3.05) is 36.5 Å². The number of morpholine rings is 1. The zero-order valence-corrected chi connectivity index (χ0v) is 11.1. The molecule has 1 aromatic rings. The van der Waals surface area contributed by atoms with Crippen LogP contribution in [0, 0.1) is 0 Å². The molecular formula is C14H20N2O3. The number of aliphatic hydroxyl groups is 1. The van der Waals surface area contributed by atoms with Gasteiger partial charge in [0.15, 0.2) is 0 Å². The summed E-state index contributed by atoms with van der Waals surface area (Å²) in [7, 11) is 0. The fourth-order valence-electron chi connectivity index (χ4n) is 2.06. The summed E-state index contributed by atoms with van der Waals surface area (Å²) in [4.78, 5) is 13.8. The number of nitrogens with one attached hydrogen (secondary N) is 1. The van der Waals surface area contributed by atoms with E-state index in [1.54, 1.807) is 6.92 Å². The van der Waals surface area contributed by atoms with Crippen LogP contribution in [0.4, 0.5) is 11.4 Å². The highest BCUT2D eigenvalue weighted by molar-refractivity contribution is 5.91. The molecule has 1 unspecified atom stereocenters. The van der Waals surface area contributed by atoms with Crippen LogP contribution in [0.3, 0.4) is 0 Å². The van der Waals surface area contributed by atoms with Crippen molar-refractivity contribution < 1.29 is 14.6 Å². The second-order valence-corrected chi connectivity index (χ2v) is 4.75. The van der Waals surface area contributed by atoms with Crippen molar-refractivity contribution in [3.05, 3.63) is 24.3 Å². The van der Waals surface area contributed by atoms with Gasteiger partial charge in [0.25, 0.3) is 0 Å². The summed E-state index contributed by atoms with van der Waals surface area (Å²) in [5, 5.41) is 11.9. The SMILES string of the molecule is CC(O)CC(=O)Nc1ccc(N2CCOCC2)cc1. The minimum Gasteiger partial charge on any atom is -0.393 e. The number of hydrogen-bond donors (Lipinski definition) is 2.